The Hall–Kier alpha value is -4.00. The topological polar surface area (TPSA) is 97.0 Å². The fourth-order valence-corrected chi connectivity index (χ4v) is 2.95. The molecule has 0 saturated heterocycles. The minimum Gasteiger partial charge on any atom is -0.493 e. The highest BCUT2D eigenvalue weighted by Crippen LogP contribution is 2.18. The first-order chi connectivity index (χ1) is 14.2. The van der Waals surface area contributed by atoms with E-state index < -0.39 is 5.91 Å². The monoisotopic (exact) mass is 386 g/mol. The molecule has 0 saturated carbocycles. The zero-order valence-electron chi connectivity index (χ0n) is 15.5. The molecule has 2 N–H and O–H groups in total. The number of aromatic nitrogens is 3. The Kier molecular flexibility index (Phi) is 5.29. The zero-order valence-corrected chi connectivity index (χ0v) is 15.5. The number of rotatable bonds is 6. The van der Waals surface area contributed by atoms with E-state index in [4.69, 9.17) is 4.74 Å². The summed E-state index contributed by atoms with van der Waals surface area (Å²) >= 11 is 0. The van der Waals surface area contributed by atoms with Gasteiger partial charge in [-0.3, -0.25) is 14.6 Å². The summed E-state index contributed by atoms with van der Waals surface area (Å²) in [6.45, 7) is 0.545. The van der Waals surface area contributed by atoms with Crippen molar-refractivity contribution in [3.05, 3.63) is 94.7 Å². The van der Waals surface area contributed by atoms with Gasteiger partial charge in [-0.2, -0.15) is 5.10 Å². The van der Waals surface area contributed by atoms with E-state index in [1.807, 2.05) is 12.1 Å². The molecule has 2 aromatic heterocycles. The minimum atomic E-state index is -0.399. The van der Waals surface area contributed by atoms with Gasteiger partial charge in [0, 0.05) is 29.9 Å². The lowest BCUT2D eigenvalue weighted by atomic mass is 10.1. The molecule has 0 atom stereocenters. The fraction of sp³-hybridized carbons (Fsp3) is 0.0909. The van der Waals surface area contributed by atoms with Gasteiger partial charge in [-0.15, -0.1) is 0 Å². The van der Waals surface area contributed by atoms with Crippen molar-refractivity contribution in [1.82, 2.24) is 15.2 Å². The van der Waals surface area contributed by atoms with Crippen molar-refractivity contribution in [3.8, 4) is 5.75 Å². The molecule has 2 heterocycles. The average molecular weight is 386 g/mol. The molecule has 0 aliphatic rings. The van der Waals surface area contributed by atoms with Gasteiger partial charge in [0.05, 0.1) is 12.0 Å². The molecule has 2 aromatic carbocycles. The quantitative estimate of drug-likeness (QED) is 0.530. The molecular formula is C22H18N4O3. The summed E-state index contributed by atoms with van der Waals surface area (Å²) in [5, 5.41) is 10.00. The van der Waals surface area contributed by atoms with Gasteiger partial charge in [0.25, 0.3) is 11.5 Å². The van der Waals surface area contributed by atoms with Gasteiger partial charge in [-0.25, -0.2) is 5.10 Å². The molecule has 0 aliphatic carbocycles. The van der Waals surface area contributed by atoms with Crippen LogP contribution in [0.1, 0.15) is 16.1 Å². The number of amides is 1. The first-order valence-corrected chi connectivity index (χ1v) is 9.11. The van der Waals surface area contributed by atoms with Crippen molar-refractivity contribution < 1.29 is 9.53 Å². The van der Waals surface area contributed by atoms with Crippen LogP contribution in [-0.2, 0) is 6.42 Å². The number of hydrogen-bond acceptors (Lipinski definition) is 5. The second-order valence-electron chi connectivity index (χ2n) is 6.38. The molecule has 29 heavy (non-hydrogen) atoms. The third-order valence-electron chi connectivity index (χ3n) is 4.43. The summed E-state index contributed by atoms with van der Waals surface area (Å²) in [6.07, 6.45) is 4.30. The summed E-state index contributed by atoms with van der Waals surface area (Å²) in [5.41, 5.74) is 1.60. The molecular weight excluding hydrogens is 368 g/mol. The van der Waals surface area contributed by atoms with Crippen molar-refractivity contribution in [1.29, 1.82) is 0 Å². The van der Waals surface area contributed by atoms with E-state index in [1.165, 1.54) is 0 Å². The normalized spacial score (nSPS) is 10.6. The maximum atomic E-state index is 12.6. The smallest absolute Gasteiger partial charge is 0.276 e. The Morgan fingerprint density at radius 3 is 2.45 bits per heavy atom. The van der Waals surface area contributed by atoms with Crippen LogP contribution in [0.25, 0.3) is 10.8 Å². The van der Waals surface area contributed by atoms with Crippen LogP contribution in [0.5, 0.6) is 5.75 Å². The molecule has 7 heteroatoms. The summed E-state index contributed by atoms with van der Waals surface area (Å²) < 4.78 is 5.74. The fourth-order valence-electron chi connectivity index (χ4n) is 2.95. The number of carbonyl (C=O) groups is 1. The van der Waals surface area contributed by atoms with Gasteiger partial charge in [0.2, 0.25) is 0 Å². The standard InChI is InChI=1S/C22H18N4O3/c27-21-19-4-2-1-3-18(19)20(25-26-21)22(28)24-16-5-7-17(8-6-16)29-14-11-15-9-12-23-13-10-15/h1-10,12-13H,11,14H2,(H,24,28)(H,26,27). The Morgan fingerprint density at radius 1 is 0.966 bits per heavy atom. The van der Waals surface area contributed by atoms with Crippen LogP contribution < -0.4 is 15.6 Å². The maximum Gasteiger partial charge on any atom is 0.276 e. The molecule has 7 nitrogen and oxygen atoms in total. The van der Waals surface area contributed by atoms with Gasteiger partial charge in [-0.05, 0) is 48.0 Å². The first-order valence-electron chi connectivity index (χ1n) is 9.11. The van der Waals surface area contributed by atoms with Crippen molar-refractivity contribution in [2.24, 2.45) is 0 Å². The van der Waals surface area contributed by atoms with E-state index in [0.717, 1.165) is 12.0 Å². The number of H-pyrrole nitrogens is 1. The van der Waals surface area contributed by atoms with Gasteiger partial charge in [0.15, 0.2) is 5.69 Å². The van der Waals surface area contributed by atoms with Crippen LogP contribution in [0.15, 0.2) is 77.9 Å². The molecule has 0 unspecified atom stereocenters. The van der Waals surface area contributed by atoms with E-state index in [1.54, 1.807) is 60.9 Å². The Morgan fingerprint density at radius 2 is 1.69 bits per heavy atom. The van der Waals surface area contributed by atoms with E-state index in [9.17, 15) is 9.59 Å². The molecule has 1 amide bonds. The van der Waals surface area contributed by atoms with Crippen LogP contribution >= 0.6 is 0 Å². The molecule has 0 radical (unpaired) electrons. The number of nitrogens with zero attached hydrogens (tertiary/aromatic N) is 2. The Balaban J connectivity index is 1.41. The SMILES string of the molecule is O=C(Nc1ccc(OCCc2ccncc2)cc1)c1n[nH]c(=O)c2ccccc12. The number of aromatic amines is 1. The summed E-state index contributed by atoms with van der Waals surface area (Å²) in [4.78, 5) is 28.5. The number of ether oxygens (including phenoxy) is 1. The lowest BCUT2D eigenvalue weighted by Gasteiger charge is -2.09. The van der Waals surface area contributed by atoms with Crippen LogP contribution in [-0.4, -0.2) is 27.7 Å². The highest BCUT2D eigenvalue weighted by molar-refractivity contribution is 6.11. The summed E-state index contributed by atoms with van der Waals surface area (Å²) in [5.74, 6) is 0.313. The molecule has 0 spiro atoms. The van der Waals surface area contributed by atoms with E-state index >= 15 is 0 Å². The highest BCUT2D eigenvalue weighted by Gasteiger charge is 2.14. The highest BCUT2D eigenvalue weighted by atomic mass is 16.5. The van der Waals surface area contributed by atoms with Gasteiger partial charge < -0.3 is 10.1 Å². The number of benzene rings is 2. The van der Waals surface area contributed by atoms with Gasteiger partial charge in [0.1, 0.15) is 5.75 Å². The second kappa shape index (κ2) is 8.35. The zero-order chi connectivity index (χ0) is 20.1. The third-order valence-corrected chi connectivity index (χ3v) is 4.43. The number of anilines is 1. The summed E-state index contributed by atoms with van der Waals surface area (Å²) in [7, 11) is 0. The van der Waals surface area contributed by atoms with Crippen LogP contribution in [0.2, 0.25) is 0 Å². The van der Waals surface area contributed by atoms with Crippen molar-refractivity contribution in [2.45, 2.75) is 6.42 Å². The predicted octanol–water partition coefficient (Wildman–Crippen LogP) is 3.19. The second-order valence-corrected chi connectivity index (χ2v) is 6.38. The Bertz CT molecular complexity index is 1190. The van der Waals surface area contributed by atoms with E-state index in [0.29, 0.717) is 28.8 Å². The number of fused-ring (bicyclic) bond motifs is 1. The average Bonchev–Trinajstić information content (AvgIpc) is 2.76. The van der Waals surface area contributed by atoms with Crippen molar-refractivity contribution in [3.63, 3.8) is 0 Å². The van der Waals surface area contributed by atoms with Crippen LogP contribution in [0.3, 0.4) is 0 Å². The van der Waals surface area contributed by atoms with E-state index in [-0.39, 0.29) is 11.3 Å². The van der Waals surface area contributed by atoms with Crippen molar-refractivity contribution >= 4 is 22.4 Å². The molecule has 0 aliphatic heterocycles. The first kappa shape index (κ1) is 18.4. The minimum absolute atomic E-state index is 0.165. The molecule has 4 rings (SSSR count). The Labute approximate surface area is 166 Å². The van der Waals surface area contributed by atoms with Crippen LogP contribution in [0.4, 0.5) is 5.69 Å². The summed E-state index contributed by atoms with van der Waals surface area (Å²) in [6, 6.07) is 17.9. The number of pyridine rings is 1. The molecule has 144 valence electrons. The van der Waals surface area contributed by atoms with Gasteiger partial charge in [-0.1, -0.05) is 18.2 Å². The molecule has 4 aromatic rings. The maximum absolute atomic E-state index is 12.6. The molecule has 0 fully saturated rings. The lowest BCUT2D eigenvalue weighted by molar-refractivity contribution is 0.102. The lowest BCUT2D eigenvalue weighted by Crippen LogP contribution is -2.19. The number of hydrogen-bond donors (Lipinski definition) is 2. The number of nitrogens with one attached hydrogen (secondary N) is 2. The van der Waals surface area contributed by atoms with Crippen molar-refractivity contribution in [2.75, 3.05) is 11.9 Å². The van der Waals surface area contributed by atoms with E-state index in [2.05, 4.69) is 20.5 Å². The predicted molar refractivity (Wildman–Crippen MR) is 110 cm³/mol. The number of carbonyl (C=O) groups excluding carboxylic acids is 1. The van der Waals surface area contributed by atoms with Gasteiger partial charge >= 0.3 is 0 Å². The molecule has 0 bridgehead atoms. The largest absolute Gasteiger partial charge is 0.493 e. The third kappa shape index (κ3) is 4.30. The van der Waals surface area contributed by atoms with Crippen LogP contribution in [0, 0.1) is 0 Å².